The molecule has 1 aromatic rings. The number of hydrogen-bond acceptors (Lipinski definition) is 2. The van der Waals surface area contributed by atoms with Gasteiger partial charge in [0.1, 0.15) is 6.04 Å². The molecule has 1 atom stereocenters. The van der Waals surface area contributed by atoms with Crippen molar-refractivity contribution in [1.29, 1.82) is 0 Å². The van der Waals surface area contributed by atoms with Crippen LogP contribution in [0.2, 0.25) is 5.02 Å². The van der Waals surface area contributed by atoms with Crippen molar-refractivity contribution in [1.82, 2.24) is 10.2 Å². The summed E-state index contributed by atoms with van der Waals surface area (Å²) in [5, 5.41) is 3.26. The van der Waals surface area contributed by atoms with E-state index < -0.39 is 6.04 Å². The molecule has 1 saturated carbocycles. The maximum absolute atomic E-state index is 12.8. The fourth-order valence-corrected chi connectivity index (χ4v) is 3.29. The molecular weight excluding hydrogens is 312 g/mol. The Balaban J connectivity index is 2.10. The van der Waals surface area contributed by atoms with Crippen LogP contribution in [0.15, 0.2) is 24.3 Å². The summed E-state index contributed by atoms with van der Waals surface area (Å²) in [7, 11) is 1.84. The summed E-state index contributed by atoms with van der Waals surface area (Å²) in [6.45, 7) is 3.88. The van der Waals surface area contributed by atoms with Crippen molar-refractivity contribution >= 4 is 23.4 Å². The zero-order valence-electron chi connectivity index (χ0n) is 14.0. The lowest BCUT2D eigenvalue weighted by Crippen LogP contribution is -2.52. The van der Waals surface area contributed by atoms with Gasteiger partial charge in [-0.05, 0) is 30.9 Å². The van der Waals surface area contributed by atoms with E-state index in [4.69, 9.17) is 11.6 Å². The van der Waals surface area contributed by atoms with Gasteiger partial charge in [-0.25, -0.2) is 0 Å². The number of nitrogens with zero attached hydrogens (tertiary/aromatic N) is 1. The Morgan fingerprint density at radius 1 is 1.22 bits per heavy atom. The van der Waals surface area contributed by atoms with Crippen LogP contribution >= 0.6 is 11.6 Å². The third kappa shape index (κ3) is 4.25. The van der Waals surface area contributed by atoms with Crippen molar-refractivity contribution in [2.45, 2.75) is 51.6 Å². The van der Waals surface area contributed by atoms with Crippen LogP contribution in [0.3, 0.4) is 0 Å². The highest BCUT2D eigenvalue weighted by atomic mass is 35.5. The molecule has 1 N–H and O–H groups in total. The molecule has 1 aliphatic carbocycles. The SMILES string of the molecule is CC(C)C(NC(=O)c1ccccc1Cl)C(=O)N(C)C1CCCC1. The van der Waals surface area contributed by atoms with Gasteiger partial charge < -0.3 is 10.2 Å². The largest absolute Gasteiger partial charge is 0.341 e. The lowest BCUT2D eigenvalue weighted by atomic mass is 10.0. The summed E-state index contributed by atoms with van der Waals surface area (Å²) < 4.78 is 0. The van der Waals surface area contributed by atoms with E-state index in [-0.39, 0.29) is 17.7 Å². The Hall–Kier alpha value is -1.55. The molecule has 0 heterocycles. The fraction of sp³-hybridized carbons (Fsp3) is 0.556. The number of benzene rings is 1. The Morgan fingerprint density at radius 3 is 2.39 bits per heavy atom. The van der Waals surface area contributed by atoms with Crippen LogP contribution in [0, 0.1) is 5.92 Å². The van der Waals surface area contributed by atoms with E-state index in [0.717, 1.165) is 12.8 Å². The first-order chi connectivity index (χ1) is 10.9. The first kappa shape index (κ1) is 17.8. The summed E-state index contributed by atoms with van der Waals surface area (Å²) in [5.74, 6) is -0.312. The molecule has 4 nitrogen and oxygen atoms in total. The summed E-state index contributed by atoms with van der Waals surface area (Å²) in [6.07, 6.45) is 4.43. The van der Waals surface area contributed by atoms with Gasteiger partial charge in [-0.1, -0.05) is 50.4 Å². The molecule has 0 spiro atoms. The molecular formula is C18H25ClN2O2. The van der Waals surface area contributed by atoms with Gasteiger partial charge in [0.2, 0.25) is 5.91 Å². The van der Waals surface area contributed by atoms with Crippen molar-refractivity contribution < 1.29 is 9.59 Å². The summed E-state index contributed by atoms with van der Waals surface area (Å²) >= 11 is 6.07. The van der Waals surface area contributed by atoms with Crippen molar-refractivity contribution in [2.75, 3.05) is 7.05 Å². The lowest BCUT2D eigenvalue weighted by molar-refractivity contribution is -0.135. The zero-order chi connectivity index (χ0) is 17.0. The van der Waals surface area contributed by atoms with Crippen molar-refractivity contribution in [3.05, 3.63) is 34.9 Å². The van der Waals surface area contributed by atoms with E-state index >= 15 is 0 Å². The molecule has 0 aromatic heterocycles. The second-order valence-electron chi connectivity index (χ2n) is 6.56. The van der Waals surface area contributed by atoms with Gasteiger partial charge in [0.25, 0.3) is 5.91 Å². The van der Waals surface area contributed by atoms with E-state index in [0.29, 0.717) is 16.6 Å². The quantitative estimate of drug-likeness (QED) is 0.894. The van der Waals surface area contributed by atoms with Gasteiger partial charge in [0, 0.05) is 13.1 Å². The molecule has 0 saturated heterocycles. The molecule has 126 valence electrons. The first-order valence-corrected chi connectivity index (χ1v) is 8.61. The van der Waals surface area contributed by atoms with Gasteiger partial charge in [-0.3, -0.25) is 9.59 Å². The molecule has 0 bridgehead atoms. The number of hydrogen-bond donors (Lipinski definition) is 1. The van der Waals surface area contributed by atoms with E-state index in [1.54, 1.807) is 24.3 Å². The Morgan fingerprint density at radius 2 is 1.83 bits per heavy atom. The minimum atomic E-state index is -0.538. The number of nitrogens with one attached hydrogen (secondary N) is 1. The van der Waals surface area contributed by atoms with Crippen LogP contribution in [-0.2, 0) is 4.79 Å². The van der Waals surface area contributed by atoms with E-state index in [1.165, 1.54) is 12.8 Å². The van der Waals surface area contributed by atoms with Gasteiger partial charge in [0.05, 0.1) is 10.6 Å². The standard InChI is InChI=1S/C18H25ClN2O2/c1-12(2)16(18(23)21(3)13-8-4-5-9-13)20-17(22)14-10-6-7-11-15(14)19/h6-7,10-13,16H,4-5,8-9H2,1-3H3,(H,20,22). The maximum Gasteiger partial charge on any atom is 0.253 e. The molecule has 5 heteroatoms. The second-order valence-corrected chi connectivity index (χ2v) is 6.97. The maximum atomic E-state index is 12.8. The molecule has 2 amide bonds. The molecule has 2 rings (SSSR count). The van der Waals surface area contributed by atoms with Crippen molar-refractivity contribution in [2.24, 2.45) is 5.92 Å². The normalized spacial score (nSPS) is 16.4. The lowest BCUT2D eigenvalue weighted by Gasteiger charge is -2.31. The fourth-order valence-electron chi connectivity index (χ4n) is 3.07. The molecule has 0 radical (unpaired) electrons. The number of carbonyl (C=O) groups excluding carboxylic acids is 2. The van der Waals surface area contributed by atoms with Gasteiger partial charge in [-0.2, -0.15) is 0 Å². The van der Waals surface area contributed by atoms with Gasteiger partial charge in [-0.15, -0.1) is 0 Å². The molecule has 1 unspecified atom stereocenters. The predicted octanol–water partition coefficient (Wildman–Crippen LogP) is 3.50. The van der Waals surface area contributed by atoms with E-state index in [1.807, 2.05) is 25.8 Å². The highest BCUT2D eigenvalue weighted by Gasteiger charge is 2.32. The Labute approximate surface area is 143 Å². The Bertz CT molecular complexity index is 568. The zero-order valence-corrected chi connectivity index (χ0v) is 14.8. The first-order valence-electron chi connectivity index (χ1n) is 8.24. The highest BCUT2D eigenvalue weighted by molar-refractivity contribution is 6.33. The van der Waals surface area contributed by atoms with Crippen LogP contribution in [0.1, 0.15) is 49.9 Å². The van der Waals surface area contributed by atoms with E-state index in [9.17, 15) is 9.59 Å². The number of halogens is 1. The molecule has 1 fully saturated rings. The van der Waals surface area contributed by atoms with Crippen LogP contribution in [-0.4, -0.2) is 35.8 Å². The second kappa shape index (κ2) is 7.82. The summed E-state index contributed by atoms with van der Waals surface area (Å²) in [5.41, 5.74) is 0.399. The molecule has 1 aromatic carbocycles. The summed E-state index contributed by atoms with van der Waals surface area (Å²) in [4.78, 5) is 27.1. The van der Waals surface area contributed by atoms with Crippen LogP contribution in [0.25, 0.3) is 0 Å². The van der Waals surface area contributed by atoms with E-state index in [2.05, 4.69) is 5.32 Å². The molecule has 0 aliphatic heterocycles. The van der Waals surface area contributed by atoms with Crippen molar-refractivity contribution in [3.63, 3.8) is 0 Å². The Kier molecular flexibility index (Phi) is 6.05. The minimum Gasteiger partial charge on any atom is -0.341 e. The van der Waals surface area contributed by atoms with Crippen LogP contribution in [0.5, 0.6) is 0 Å². The van der Waals surface area contributed by atoms with Crippen LogP contribution in [0.4, 0.5) is 0 Å². The van der Waals surface area contributed by atoms with Crippen molar-refractivity contribution in [3.8, 4) is 0 Å². The smallest absolute Gasteiger partial charge is 0.253 e. The molecule has 1 aliphatic rings. The number of amides is 2. The topological polar surface area (TPSA) is 49.4 Å². The monoisotopic (exact) mass is 336 g/mol. The minimum absolute atomic E-state index is 0.0118. The molecule has 23 heavy (non-hydrogen) atoms. The summed E-state index contributed by atoms with van der Waals surface area (Å²) in [6, 6.07) is 6.63. The van der Waals surface area contributed by atoms with Gasteiger partial charge in [0.15, 0.2) is 0 Å². The third-order valence-corrected chi connectivity index (χ3v) is 4.89. The van der Waals surface area contributed by atoms with Crippen LogP contribution < -0.4 is 5.32 Å². The predicted molar refractivity (Wildman–Crippen MR) is 92.6 cm³/mol. The number of rotatable bonds is 5. The third-order valence-electron chi connectivity index (χ3n) is 4.56. The number of likely N-dealkylation sites (N-methyl/N-ethyl adjacent to an activating group) is 1. The highest BCUT2D eigenvalue weighted by Crippen LogP contribution is 2.24. The van der Waals surface area contributed by atoms with Gasteiger partial charge >= 0.3 is 0 Å². The number of carbonyl (C=O) groups is 2. The average molecular weight is 337 g/mol. The average Bonchev–Trinajstić information content (AvgIpc) is 3.05.